The van der Waals surface area contributed by atoms with Crippen LogP contribution >= 0.6 is 0 Å². The van der Waals surface area contributed by atoms with Crippen LogP contribution in [0.4, 0.5) is 0 Å². The smallest absolute Gasteiger partial charge is 0.0702 e. The van der Waals surface area contributed by atoms with Crippen molar-refractivity contribution in [1.82, 2.24) is 4.90 Å². The third-order valence-electron chi connectivity index (χ3n) is 2.63. The van der Waals surface area contributed by atoms with Gasteiger partial charge in [0.1, 0.15) is 0 Å². The van der Waals surface area contributed by atoms with Gasteiger partial charge in [-0.1, -0.05) is 6.92 Å². The molecule has 0 aromatic heterocycles. The van der Waals surface area contributed by atoms with Gasteiger partial charge < -0.3 is 10.5 Å². The average molecular weight is 186 g/mol. The van der Waals surface area contributed by atoms with Crippen molar-refractivity contribution in [3.05, 3.63) is 0 Å². The summed E-state index contributed by atoms with van der Waals surface area (Å²) in [7, 11) is 0. The van der Waals surface area contributed by atoms with E-state index in [9.17, 15) is 0 Å². The Kier molecular flexibility index (Phi) is 5.35. The van der Waals surface area contributed by atoms with E-state index in [1.165, 1.54) is 19.3 Å². The summed E-state index contributed by atoms with van der Waals surface area (Å²) in [5.41, 5.74) is 5.53. The van der Waals surface area contributed by atoms with Crippen LogP contribution in [-0.4, -0.2) is 43.8 Å². The standard InChI is InChI=1S/C10H22N2O/c1-2-12(7-6-11)9-10-5-3-4-8-13-10/h10H,2-9,11H2,1H3. The predicted molar refractivity (Wildman–Crippen MR) is 54.8 cm³/mol. The van der Waals surface area contributed by atoms with Crippen molar-refractivity contribution in [2.45, 2.75) is 32.3 Å². The summed E-state index contributed by atoms with van der Waals surface area (Å²) in [5.74, 6) is 0. The molecule has 13 heavy (non-hydrogen) atoms. The highest BCUT2D eigenvalue weighted by atomic mass is 16.5. The van der Waals surface area contributed by atoms with E-state index in [2.05, 4.69) is 11.8 Å². The summed E-state index contributed by atoms with van der Waals surface area (Å²) in [6, 6.07) is 0. The quantitative estimate of drug-likeness (QED) is 0.691. The Hall–Kier alpha value is -0.120. The normalized spacial score (nSPS) is 23.8. The van der Waals surface area contributed by atoms with Gasteiger partial charge in [-0.05, 0) is 25.8 Å². The Labute approximate surface area is 81.2 Å². The molecule has 0 spiro atoms. The highest BCUT2D eigenvalue weighted by Gasteiger charge is 2.16. The largest absolute Gasteiger partial charge is 0.377 e. The number of hydrogen-bond acceptors (Lipinski definition) is 3. The van der Waals surface area contributed by atoms with Gasteiger partial charge in [-0.3, -0.25) is 4.90 Å². The Morgan fingerprint density at radius 2 is 2.31 bits per heavy atom. The molecule has 0 aliphatic carbocycles. The molecule has 3 heteroatoms. The zero-order valence-electron chi connectivity index (χ0n) is 8.67. The average Bonchev–Trinajstić information content (AvgIpc) is 2.19. The zero-order valence-corrected chi connectivity index (χ0v) is 8.67. The molecule has 0 aromatic carbocycles. The maximum absolute atomic E-state index is 5.67. The van der Waals surface area contributed by atoms with Crippen LogP contribution in [-0.2, 0) is 4.74 Å². The summed E-state index contributed by atoms with van der Waals surface area (Å²) in [6.45, 7) is 7.02. The van der Waals surface area contributed by atoms with Crippen molar-refractivity contribution in [3.8, 4) is 0 Å². The Balaban J connectivity index is 2.18. The van der Waals surface area contributed by atoms with E-state index in [1.807, 2.05) is 0 Å². The third-order valence-corrected chi connectivity index (χ3v) is 2.63. The molecule has 1 aliphatic heterocycles. The van der Waals surface area contributed by atoms with E-state index in [-0.39, 0.29) is 0 Å². The molecule has 1 saturated heterocycles. The van der Waals surface area contributed by atoms with Gasteiger partial charge in [0.2, 0.25) is 0 Å². The van der Waals surface area contributed by atoms with Gasteiger partial charge in [0.05, 0.1) is 6.10 Å². The van der Waals surface area contributed by atoms with Crippen molar-refractivity contribution in [2.24, 2.45) is 5.73 Å². The topological polar surface area (TPSA) is 38.5 Å². The first-order valence-corrected chi connectivity index (χ1v) is 5.40. The molecule has 0 saturated carbocycles. The molecular weight excluding hydrogens is 164 g/mol. The minimum absolute atomic E-state index is 0.459. The minimum atomic E-state index is 0.459. The maximum atomic E-state index is 5.67. The van der Waals surface area contributed by atoms with Crippen molar-refractivity contribution in [3.63, 3.8) is 0 Å². The maximum Gasteiger partial charge on any atom is 0.0702 e. The lowest BCUT2D eigenvalue weighted by Gasteiger charge is -2.28. The summed E-state index contributed by atoms with van der Waals surface area (Å²) in [6.07, 6.45) is 4.24. The molecule has 1 unspecified atom stereocenters. The van der Waals surface area contributed by atoms with Crippen molar-refractivity contribution >= 4 is 0 Å². The summed E-state index contributed by atoms with van der Waals surface area (Å²) < 4.78 is 5.67. The molecule has 3 nitrogen and oxygen atoms in total. The summed E-state index contributed by atoms with van der Waals surface area (Å²) >= 11 is 0. The fourth-order valence-electron chi connectivity index (χ4n) is 1.80. The van der Waals surface area contributed by atoms with E-state index in [1.54, 1.807) is 0 Å². The number of ether oxygens (including phenoxy) is 1. The van der Waals surface area contributed by atoms with Crippen LogP contribution in [0.1, 0.15) is 26.2 Å². The number of nitrogens with two attached hydrogens (primary N) is 1. The molecule has 1 rings (SSSR count). The molecule has 1 fully saturated rings. The Morgan fingerprint density at radius 3 is 2.85 bits per heavy atom. The highest BCUT2D eigenvalue weighted by Crippen LogP contribution is 2.13. The van der Waals surface area contributed by atoms with Crippen molar-refractivity contribution in [2.75, 3.05) is 32.8 Å². The van der Waals surface area contributed by atoms with Crippen LogP contribution in [0.25, 0.3) is 0 Å². The summed E-state index contributed by atoms with van der Waals surface area (Å²) in [4.78, 5) is 2.37. The Bertz CT molecular complexity index is 121. The number of nitrogens with zero attached hydrogens (tertiary/aromatic N) is 1. The fourth-order valence-corrected chi connectivity index (χ4v) is 1.80. The van der Waals surface area contributed by atoms with Gasteiger partial charge in [-0.15, -0.1) is 0 Å². The minimum Gasteiger partial charge on any atom is -0.377 e. The van der Waals surface area contributed by atoms with Crippen LogP contribution in [0.2, 0.25) is 0 Å². The lowest BCUT2D eigenvalue weighted by molar-refractivity contribution is -0.00432. The van der Waals surface area contributed by atoms with Gasteiger partial charge in [0.25, 0.3) is 0 Å². The monoisotopic (exact) mass is 186 g/mol. The second-order valence-corrected chi connectivity index (χ2v) is 3.67. The number of hydrogen-bond donors (Lipinski definition) is 1. The molecule has 78 valence electrons. The van der Waals surface area contributed by atoms with E-state index in [4.69, 9.17) is 10.5 Å². The molecule has 1 atom stereocenters. The number of likely N-dealkylation sites (N-methyl/N-ethyl adjacent to an activating group) is 1. The molecule has 2 N–H and O–H groups in total. The van der Waals surface area contributed by atoms with Crippen LogP contribution in [0.3, 0.4) is 0 Å². The van der Waals surface area contributed by atoms with Gasteiger partial charge in [-0.2, -0.15) is 0 Å². The van der Waals surface area contributed by atoms with E-state index in [0.29, 0.717) is 6.10 Å². The van der Waals surface area contributed by atoms with Crippen molar-refractivity contribution in [1.29, 1.82) is 0 Å². The third kappa shape index (κ3) is 4.07. The fraction of sp³-hybridized carbons (Fsp3) is 1.00. The van der Waals surface area contributed by atoms with E-state index in [0.717, 1.165) is 32.8 Å². The van der Waals surface area contributed by atoms with Gasteiger partial charge >= 0.3 is 0 Å². The molecule has 0 aromatic rings. The molecule has 1 heterocycles. The molecule has 0 radical (unpaired) electrons. The van der Waals surface area contributed by atoms with Crippen LogP contribution < -0.4 is 5.73 Å². The van der Waals surface area contributed by atoms with Gasteiger partial charge in [-0.25, -0.2) is 0 Å². The molecule has 1 aliphatic rings. The second-order valence-electron chi connectivity index (χ2n) is 3.67. The molecule has 0 bridgehead atoms. The van der Waals surface area contributed by atoms with Crippen LogP contribution in [0.5, 0.6) is 0 Å². The van der Waals surface area contributed by atoms with E-state index < -0.39 is 0 Å². The van der Waals surface area contributed by atoms with Crippen molar-refractivity contribution < 1.29 is 4.74 Å². The SMILES string of the molecule is CCN(CCN)CC1CCCCO1. The highest BCUT2D eigenvalue weighted by molar-refractivity contribution is 4.68. The Morgan fingerprint density at radius 1 is 1.46 bits per heavy atom. The van der Waals surface area contributed by atoms with Crippen LogP contribution in [0.15, 0.2) is 0 Å². The predicted octanol–water partition coefficient (Wildman–Crippen LogP) is 0.836. The van der Waals surface area contributed by atoms with E-state index >= 15 is 0 Å². The first-order chi connectivity index (χ1) is 6.36. The lowest BCUT2D eigenvalue weighted by Crippen LogP contribution is -2.38. The first kappa shape index (κ1) is 11.0. The van der Waals surface area contributed by atoms with Crippen LogP contribution in [0, 0.1) is 0 Å². The molecule has 0 amide bonds. The van der Waals surface area contributed by atoms with Gasteiger partial charge in [0, 0.05) is 26.2 Å². The second kappa shape index (κ2) is 6.35. The summed E-state index contributed by atoms with van der Waals surface area (Å²) in [5, 5.41) is 0. The van der Waals surface area contributed by atoms with Gasteiger partial charge in [0.15, 0.2) is 0 Å². The number of rotatable bonds is 5. The first-order valence-electron chi connectivity index (χ1n) is 5.40. The zero-order chi connectivity index (χ0) is 9.52. The lowest BCUT2D eigenvalue weighted by atomic mass is 10.1. The molecular formula is C10H22N2O.